The Labute approximate surface area is 122 Å². The molecule has 0 amide bonds. The Kier molecular flexibility index (Phi) is 5.21. The Balaban J connectivity index is 1.88. The fraction of sp³-hybridized carbons (Fsp3) is 0.200. The molecule has 3 nitrogen and oxygen atoms in total. The van der Waals surface area contributed by atoms with Crippen molar-refractivity contribution in [2.24, 2.45) is 5.73 Å². The van der Waals surface area contributed by atoms with Crippen LogP contribution in [-0.4, -0.2) is 13.2 Å². The van der Waals surface area contributed by atoms with Crippen LogP contribution >= 0.6 is 11.6 Å². The van der Waals surface area contributed by atoms with Crippen molar-refractivity contribution in [2.75, 3.05) is 13.2 Å². The average molecular weight is 296 g/mol. The topological polar surface area (TPSA) is 44.5 Å². The van der Waals surface area contributed by atoms with Crippen LogP contribution in [0.25, 0.3) is 0 Å². The highest BCUT2D eigenvalue weighted by molar-refractivity contribution is 6.32. The van der Waals surface area contributed by atoms with E-state index in [0.717, 1.165) is 5.56 Å². The molecule has 5 heteroatoms. The predicted octanol–water partition coefficient (Wildman–Crippen LogP) is 3.40. The maximum absolute atomic E-state index is 13.5. The van der Waals surface area contributed by atoms with E-state index in [4.69, 9.17) is 26.8 Å². The lowest BCUT2D eigenvalue weighted by Crippen LogP contribution is -2.11. The molecule has 20 heavy (non-hydrogen) atoms. The van der Waals surface area contributed by atoms with Crippen molar-refractivity contribution in [3.8, 4) is 11.5 Å². The highest BCUT2D eigenvalue weighted by Crippen LogP contribution is 2.27. The fourth-order valence-electron chi connectivity index (χ4n) is 1.73. The van der Waals surface area contributed by atoms with Gasteiger partial charge in [-0.1, -0.05) is 35.9 Å². The third kappa shape index (κ3) is 3.62. The average Bonchev–Trinajstić information content (AvgIpc) is 2.46. The predicted molar refractivity (Wildman–Crippen MR) is 76.7 cm³/mol. The molecule has 0 saturated heterocycles. The minimum Gasteiger partial charge on any atom is -0.490 e. The van der Waals surface area contributed by atoms with Crippen molar-refractivity contribution < 1.29 is 13.9 Å². The minimum absolute atomic E-state index is 0.0462. The van der Waals surface area contributed by atoms with Crippen LogP contribution < -0.4 is 15.2 Å². The smallest absolute Gasteiger partial charge is 0.173 e. The molecule has 2 aromatic carbocycles. The third-order valence-corrected chi connectivity index (χ3v) is 3.00. The maximum Gasteiger partial charge on any atom is 0.173 e. The molecule has 0 heterocycles. The summed E-state index contributed by atoms with van der Waals surface area (Å²) in [5.41, 5.74) is 6.52. The van der Waals surface area contributed by atoms with Gasteiger partial charge in [0.15, 0.2) is 11.6 Å². The minimum atomic E-state index is -0.486. The lowest BCUT2D eigenvalue weighted by molar-refractivity contribution is 0.210. The van der Waals surface area contributed by atoms with Gasteiger partial charge in [-0.25, -0.2) is 4.39 Å². The van der Waals surface area contributed by atoms with Crippen LogP contribution in [0.3, 0.4) is 0 Å². The first-order chi connectivity index (χ1) is 9.72. The maximum atomic E-state index is 13.5. The van der Waals surface area contributed by atoms with Crippen molar-refractivity contribution >= 4 is 11.6 Å². The number of ether oxygens (including phenoxy) is 2. The summed E-state index contributed by atoms with van der Waals surface area (Å²) in [5, 5.41) is 0.243. The Morgan fingerprint density at radius 2 is 1.75 bits per heavy atom. The highest BCUT2D eigenvalue weighted by Gasteiger charge is 2.08. The SMILES string of the molecule is NCc1ccccc1OCCOc1c(F)cccc1Cl. The van der Waals surface area contributed by atoms with E-state index in [1.54, 1.807) is 6.07 Å². The third-order valence-electron chi connectivity index (χ3n) is 2.70. The molecule has 0 fully saturated rings. The van der Waals surface area contributed by atoms with Crippen molar-refractivity contribution in [1.29, 1.82) is 0 Å². The van der Waals surface area contributed by atoms with Crippen LogP contribution in [0, 0.1) is 5.82 Å². The lowest BCUT2D eigenvalue weighted by Gasteiger charge is -2.12. The summed E-state index contributed by atoms with van der Waals surface area (Å²) < 4.78 is 24.3. The van der Waals surface area contributed by atoms with Gasteiger partial charge < -0.3 is 15.2 Å². The zero-order chi connectivity index (χ0) is 14.4. The Bertz CT molecular complexity index is 557. The van der Waals surface area contributed by atoms with Crippen molar-refractivity contribution in [3.05, 3.63) is 58.9 Å². The summed E-state index contributed by atoms with van der Waals surface area (Å²) in [6.45, 7) is 0.872. The van der Waals surface area contributed by atoms with E-state index in [0.29, 0.717) is 12.3 Å². The molecule has 0 unspecified atom stereocenters. The number of nitrogens with two attached hydrogens (primary N) is 1. The fourth-order valence-corrected chi connectivity index (χ4v) is 1.95. The molecule has 2 N–H and O–H groups in total. The number of benzene rings is 2. The molecular weight excluding hydrogens is 281 g/mol. The van der Waals surface area contributed by atoms with Gasteiger partial charge in [-0.15, -0.1) is 0 Å². The van der Waals surface area contributed by atoms with Crippen LogP contribution in [-0.2, 0) is 6.54 Å². The van der Waals surface area contributed by atoms with Gasteiger partial charge in [-0.3, -0.25) is 0 Å². The van der Waals surface area contributed by atoms with Crippen LogP contribution in [0.1, 0.15) is 5.56 Å². The molecule has 0 bridgehead atoms. The van der Waals surface area contributed by atoms with Gasteiger partial charge in [0.05, 0.1) is 5.02 Å². The lowest BCUT2D eigenvalue weighted by atomic mass is 10.2. The van der Waals surface area contributed by atoms with Gasteiger partial charge in [0.1, 0.15) is 19.0 Å². The molecule has 2 rings (SSSR count). The summed E-state index contributed by atoms with van der Waals surface area (Å²) in [4.78, 5) is 0. The Morgan fingerprint density at radius 1 is 1.00 bits per heavy atom. The van der Waals surface area contributed by atoms with Gasteiger partial charge >= 0.3 is 0 Å². The van der Waals surface area contributed by atoms with Crippen molar-refractivity contribution in [3.63, 3.8) is 0 Å². The van der Waals surface area contributed by atoms with E-state index >= 15 is 0 Å². The van der Waals surface area contributed by atoms with Crippen LogP contribution in [0.4, 0.5) is 4.39 Å². The van der Waals surface area contributed by atoms with Crippen molar-refractivity contribution in [2.45, 2.75) is 6.54 Å². The van der Waals surface area contributed by atoms with E-state index in [1.807, 2.05) is 24.3 Å². The molecule has 0 spiro atoms. The number of para-hydroxylation sites is 2. The molecule has 2 aromatic rings. The first-order valence-corrected chi connectivity index (χ1v) is 6.57. The van der Waals surface area contributed by atoms with E-state index < -0.39 is 5.82 Å². The molecule has 0 aliphatic heterocycles. The molecule has 0 saturated carbocycles. The van der Waals surface area contributed by atoms with Gasteiger partial charge in [0, 0.05) is 12.1 Å². The quantitative estimate of drug-likeness (QED) is 0.831. The first-order valence-electron chi connectivity index (χ1n) is 6.20. The Hall–Kier alpha value is -1.78. The normalized spacial score (nSPS) is 10.3. The first kappa shape index (κ1) is 14.6. The summed E-state index contributed by atoms with van der Waals surface area (Å²) in [5.74, 6) is 0.267. The van der Waals surface area contributed by atoms with E-state index in [2.05, 4.69) is 0 Å². The van der Waals surface area contributed by atoms with E-state index in [9.17, 15) is 4.39 Å². The second-order valence-electron chi connectivity index (χ2n) is 4.06. The molecule has 0 aliphatic carbocycles. The monoisotopic (exact) mass is 295 g/mol. The summed E-state index contributed by atoms with van der Waals surface area (Å²) in [7, 11) is 0. The largest absolute Gasteiger partial charge is 0.490 e. The molecule has 0 aromatic heterocycles. The van der Waals surface area contributed by atoms with Crippen LogP contribution in [0.5, 0.6) is 11.5 Å². The molecule has 0 aliphatic rings. The molecule has 0 radical (unpaired) electrons. The molecule has 0 atom stereocenters. The van der Waals surface area contributed by atoms with Gasteiger partial charge in [-0.2, -0.15) is 0 Å². The number of rotatable bonds is 6. The van der Waals surface area contributed by atoms with E-state index in [-0.39, 0.29) is 24.0 Å². The number of halogens is 2. The summed E-state index contributed by atoms with van der Waals surface area (Å²) >= 11 is 5.85. The summed E-state index contributed by atoms with van der Waals surface area (Å²) in [6, 6.07) is 11.9. The van der Waals surface area contributed by atoms with E-state index in [1.165, 1.54) is 12.1 Å². The second kappa shape index (κ2) is 7.12. The van der Waals surface area contributed by atoms with Crippen LogP contribution in [0.15, 0.2) is 42.5 Å². The van der Waals surface area contributed by atoms with Crippen molar-refractivity contribution in [1.82, 2.24) is 0 Å². The molecular formula is C15H15ClFNO2. The Morgan fingerprint density at radius 3 is 2.50 bits per heavy atom. The zero-order valence-corrected chi connectivity index (χ0v) is 11.6. The summed E-state index contributed by atoms with van der Waals surface area (Å²) in [6.07, 6.45) is 0. The zero-order valence-electron chi connectivity index (χ0n) is 10.8. The molecule has 106 valence electrons. The van der Waals surface area contributed by atoms with Gasteiger partial charge in [0.25, 0.3) is 0 Å². The van der Waals surface area contributed by atoms with Crippen LogP contribution in [0.2, 0.25) is 5.02 Å². The highest BCUT2D eigenvalue weighted by atomic mass is 35.5. The number of hydrogen-bond acceptors (Lipinski definition) is 3. The number of hydrogen-bond donors (Lipinski definition) is 1. The van der Waals surface area contributed by atoms with Gasteiger partial charge in [0.2, 0.25) is 0 Å². The van der Waals surface area contributed by atoms with Gasteiger partial charge in [-0.05, 0) is 18.2 Å². The second-order valence-corrected chi connectivity index (χ2v) is 4.47. The standard InChI is InChI=1S/C15H15ClFNO2/c16-12-5-3-6-13(17)15(12)20-9-8-19-14-7-2-1-4-11(14)10-18/h1-7H,8-10,18H2.